The molecule has 4 aromatic rings. The molecule has 0 unspecified atom stereocenters. The van der Waals surface area contributed by atoms with Crippen LogP contribution in [-0.4, -0.2) is 25.3 Å². The standard InChI is InChI=1S/C19H19N7O2/c1-12-7-14(28-26-12)9-21-19-22-10-15(18(20)23-19)16-8-17(25-24-16)27-11-13-5-3-2-4-6-13/h2-8,10H,9,11H2,1H3,(H,24,25)(H3,20,21,22,23). The lowest BCUT2D eigenvalue weighted by Gasteiger charge is -2.05. The summed E-state index contributed by atoms with van der Waals surface area (Å²) in [6.07, 6.45) is 1.62. The van der Waals surface area contributed by atoms with Crippen LogP contribution < -0.4 is 15.8 Å². The number of nitrogen functional groups attached to an aromatic ring is 1. The van der Waals surface area contributed by atoms with Crippen LogP contribution in [0.1, 0.15) is 17.0 Å². The van der Waals surface area contributed by atoms with E-state index >= 15 is 0 Å². The SMILES string of the molecule is Cc1cc(CNc2ncc(-c3cc(OCc4ccccc4)[nH]n3)c(N)n2)on1. The normalized spacial score (nSPS) is 10.8. The van der Waals surface area contributed by atoms with Crippen LogP contribution in [0.25, 0.3) is 11.3 Å². The molecule has 28 heavy (non-hydrogen) atoms. The van der Waals surface area contributed by atoms with Gasteiger partial charge in [-0.05, 0) is 12.5 Å². The second-order valence-electron chi connectivity index (χ2n) is 6.17. The molecule has 1 aromatic carbocycles. The molecule has 9 nitrogen and oxygen atoms in total. The fourth-order valence-corrected chi connectivity index (χ4v) is 2.59. The summed E-state index contributed by atoms with van der Waals surface area (Å²) in [6, 6.07) is 13.5. The summed E-state index contributed by atoms with van der Waals surface area (Å²) in [5, 5.41) is 14.0. The van der Waals surface area contributed by atoms with Crippen molar-refractivity contribution in [2.24, 2.45) is 0 Å². The number of nitrogens with zero attached hydrogens (tertiary/aromatic N) is 4. The van der Waals surface area contributed by atoms with Crippen LogP contribution >= 0.6 is 0 Å². The lowest BCUT2D eigenvalue weighted by molar-refractivity contribution is 0.293. The zero-order valence-electron chi connectivity index (χ0n) is 15.2. The highest BCUT2D eigenvalue weighted by Crippen LogP contribution is 2.25. The molecule has 0 bridgehead atoms. The van der Waals surface area contributed by atoms with Gasteiger partial charge in [-0.15, -0.1) is 0 Å². The van der Waals surface area contributed by atoms with Gasteiger partial charge in [-0.3, -0.25) is 0 Å². The molecule has 0 amide bonds. The largest absolute Gasteiger partial charge is 0.473 e. The van der Waals surface area contributed by atoms with Crippen molar-refractivity contribution >= 4 is 11.8 Å². The Bertz CT molecular complexity index is 1060. The van der Waals surface area contributed by atoms with Crippen LogP contribution in [0.4, 0.5) is 11.8 Å². The maximum Gasteiger partial charge on any atom is 0.225 e. The van der Waals surface area contributed by atoms with E-state index in [0.717, 1.165) is 11.3 Å². The number of rotatable bonds is 7. The van der Waals surface area contributed by atoms with E-state index in [1.807, 2.05) is 43.3 Å². The van der Waals surface area contributed by atoms with Crippen molar-refractivity contribution in [1.29, 1.82) is 0 Å². The molecular weight excluding hydrogens is 358 g/mol. The number of ether oxygens (including phenoxy) is 1. The molecule has 0 aliphatic carbocycles. The number of aromatic amines is 1. The van der Waals surface area contributed by atoms with Crippen molar-refractivity contribution in [1.82, 2.24) is 25.3 Å². The molecule has 0 fully saturated rings. The van der Waals surface area contributed by atoms with Gasteiger partial charge in [0.05, 0.1) is 17.8 Å². The van der Waals surface area contributed by atoms with E-state index in [9.17, 15) is 0 Å². The Morgan fingerprint density at radius 1 is 1.21 bits per heavy atom. The number of hydrogen-bond acceptors (Lipinski definition) is 8. The van der Waals surface area contributed by atoms with Crippen molar-refractivity contribution in [3.8, 4) is 17.1 Å². The summed E-state index contributed by atoms with van der Waals surface area (Å²) in [6.45, 7) is 2.72. The summed E-state index contributed by atoms with van der Waals surface area (Å²) in [7, 11) is 0. The average molecular weight is 377 g/mol. The van der Waals surface area contributed by atoms with Gasteiger partial charge < -0.3 is 20.3 Å². The predicted molar refractivity (Wildman–Crippen MR) is 103 cm³/mol. The van der Waals surface area contributed by atoms with Crippen LogP contribution in [-0.2, 0) is 13.2 Å². The molecule has 142 valence electrons. The van der Waals surface area contributed by atoms with Crippen molar-refractivity contribution in [3.63, 3.8) is 0 Å². The minimum atomic E-state index is 0.312. The summed E-state index contributed by atoms with van der Waals surface area (Å²) in [5.74, 6) is 1.94. The molecule has 0 radical (unpaired) electrons. The molecule has 0 saturated heterocycles. The molecule has 4 rings (SSSR count). The van der Waals surface area contributed by atoms with Crippen LogP contribution in [0.2, 0.25) is 0 Å². The molecule has 4 N–H and O–H groups in total. The van der Waals surface area contributed by atoms with Gasteiger partial charge in [-0.1, -0.05) is 35.5 Å². The van der Waals surface area contributed by atoms with Crippen LogP contribution in [0, 0.1) is 6.92 Å². The number of nitrogens with two attached hydrogens (primary N) is 1. The van der Waals surface area contributed by atoms with Gasteiger partial charge in [0.15, 0.2) is 5.76 Å². The third-order valence-corrected chi connectivity index (χ3v) is 3.98. The lowest BCUT2D eigenvalue weighted by atomic mass is 10.2. The summed E-state index contributed by atoms with van der Waals surface area (Å²) in [4.78, 5) is 8.55. The highest BCUT2D eigenvalue weighted by molar-refractivity contribution is 5.71. The molecule has 3 aromatic heterocycles. The Balaban J connectivity index is 1.40. The average Bonchev–Trinajstić information content (AvgIpc) is 3.34. The van der Waals surface area contributed by atoms with E-state index in [0.29, 0.717) is 47.8 Å². The Kier molecular flexibility index (Phi) is 4.87. The molecule has 3 heterocycles. The van der Waals surface area contributed by atoms with Gasteiger partial charge in [0.25, 0.3) is 0 Å². The minimum absolute atomic E-state index is 0.312. The number of aryl methyl sites for hydroxylation is 1. The third kappa shape index (κ3) is 4.09. The van der Waals surface area contributed by atoms with Crippen LogP contribution in [0.5, 0.6) is 5.88 Å². The van der Waals surface area contributed by atoms with Gasteiger partial charge >= 0.3 is 0 Å². The monoisotopic (exact) mass is 377 g/mol. The molecule has 0 aliphatic rings. The van der Waals surface area contributed by atoms with Crippen LogP contribution in [0.3, 0.4) is 0 Å². The maximum atomic E-state index is 6.08. The van der Waals surface area contributed by atoms with E-state index in [1.165, 1.54) is 0 Å². The van der Waals surface area contributed by atoms with Gasteiger partial charge in [0, 0.05) is 18.3 Å². The van der Waals surface area contributed by atoms with Crippen LogP contribution in [0.15, 0.2) is 53.2 Å². The second kappa shape index (κ2) is 7.78. The van der Waals surface area contributed by atoms with Gasteiger partial charge in [0.2, 0.25) is 11.8 Å². The first-order chi connectivity index (χ1) is 13.7. The number of aromatic nitrogens is 5. The Morgan fingerprint density at radius 2 is 2.07 bits per heavy atom. The molecule has 0 atom stereocenters. The van der Waals surface area contributed by atoms with Crippen molar-refractivity contribution in [3.05, 3.63) is 65.7 Å². The van der Waals surface area contributed by atoms with Gasteiger partial charge in [0.1, 0.15) is 18.1 Å². The number of anilines is 2. The zero-order chi connectivity index (χ0) is 19.3. The van der Waals surface area contributed by atoms with E-state index in [4.69, 9.17) is 15.0 Å². The van der Waals surface area contributed by atoms with Gasteiger partial charge in [-0.25, -0.2) is 10.1 Å². The number of nitrogens with one attached hydrogen (secondary N) is 2. The topological polar surface area (TPSA) is 128 Å². The van der Waals surface area contributed by atoms with E-state index in [1.54, 1.807) is 12.3 Å². The summed E-state index contributed by atoms with van der Waals surface area (Å²) in [5.41, 5.74) is 9.19. The number of H-pyrrole nitrogens is 1. The van der Waals surface area contributed by atoms with Crippen molar-refractivity contribution < 1.29 is 9.26 Å². The third-order valence-electron chi connectivity index (χ3n) is 3.98. The van der Waals surface area contributed by atoms with Gasteiger partial charge in [-0.2, -0.15) is 10.1 Å². The molecule has 0 spiro atoms. The first-order valence-electron chi connectivity index (χ1n) is 8.68. The quantitative estimate of drug-likeness (QED) is 0.448. The Labute approximate surface area is 161 Å². The fraction of sp³-hybridized carbons (Fsp3) is 0.158. The molecule has 9 heteroatoms. The first kappa shape index (κ1) is 17.5. The molecule has 0 aliphatic heterocycles. The van der Waals surface area contributed by atoms with E-state index in [2.05, 4.69) is 30.6 Å². The highest BCUT2D eigenvalue weighted by atomic mass is 16.5. The Morgan fingerprint density at radius 3 is 2.82 bits per heavy atom. The summed E-state index contributed by atoms with van der Waals surface area (Å²) >= 11 is 0. The predicted octanol–water partition coefficient (Wildman–Crippen LogP) is 2.94. The highest BCUT2D eigenvalue weighted by Gasteiger charge is 2.12. The minimum Gasteiger partial charge on any atom is -0.473 e. The second-order valence-corrected chi connectivity index (χ2v) is 6.17. The first-order valence-corrected chi connectivity index (χ1v) is 8.68. The maximum absolute atomic E-state index is 6.08. The van der Waals surface area contributed by atoms with Crippen molar-refractivity contribution in [2.75, 3.05) is 11.1 Å². The number of benzene rings is 1. The molecule has 0 saturated carbocycles. The summed E-state index contributed by atoms with van der Waals surface area (Å²) < 4.78 is 10.9. The smallest absolute Gasteiger partial charge is 0.225 e. The zero-order valence-corrected chi connectivity index (χ0v) is 15.2. The number of hydrogen-bond donors (Lipinski definition) is 3. The van der Waals surface area contributed by atoms with Crippen molar-refractivity contribution in [2.45, 2.75) is 20.1 Å². The Hall–Kier alpha value is -3.88. The fourth-order valence-electron chi connectivity index (χ4n) is 2.59. The van der Waals surface area contributed by atoms with E-state index in [-0.39, 0.29) is 0 Å². The lowest BCUT2D eigenvalue weighted by Crippen LogP contribution is -2.05. The molecular formula is C19H19N7O2. The van der Waals surface area contributed by atoms with E-state index < -0.39 is 0 Å².